The van der Waals surface area contributed by atoms with Crippen LogP contribution >= 0.6 is 0 Å². The van der Waals surface area contributed by atoms with Crippen LogP contribution in [0.4, 0.5) is 5.69 Å². The Balaban J connectivity index is 1.52. The second-order valence-corrected chi connectivity index (χ2v) is 8.32. The van der Waals surface area contributed by atoms with E-state index in [9.17, 15) is 18.5 Å². The van der Waals surface area contributed by atoms with Crippen LogP contribution in [0.3, 0.4) is 0 Å². The summed E-state index contributed by atoms with van der Waals surface area (Å²) in [5.41, 5.74) is 0.938. The van der Waals surface area contributed by atoms with Crippen LogP contribution in [0, 0.1) is 17.0 Å². The van der Waals surface area contributed by atoms with E-state index in [0.29, 0.717) is 17.3 Å². The minimum atomic E-state index is -3.84. The highest BCUT2D eigenvalue weighted by molar-refractivity contribution is 7.89. The molecule has 1 fully saturated rings. The van der Waals surface area contributed by atoms with E-state index < -0.39 is 14.9 Å². The number of aromatic nitrogens is 3. The van der Waals surface area contributed by atoms with Crippen molar-refractivity contribution in [1.82, 2.24) is 19.4 Å². The summed E-state index contributed by atoms with van der Waals surface area (Å²) in [4.78, 5) is 18.5. The molecular formula is C17H15N5O5S. The van der Waals surface area contributed by atoms with Gasteiger partial charge in [-0.05, 0) is 24.6 Å². The lowest BCUT2D eigenvalue weighted by atomic mass is 10.0. The number of non-ortho nitro benzene ring substituents is 1. The van der Waals surface area contributed by atoms with Crippen molar-refractivity contribution in [2.75, 3.05) is 13.1 Å². The van der Waals surface area contributed by atoms with Gasteiger partial charge in [0, 0.05) is 43.2 Å². The van der Waals surface area contributed by atoms with Gasteiger partial charge in [0.05, 0.1) is 15.7 Å². The first kappa shape index (κ1) is 18.2. The summed E-state index contributed by atoms with van der Waals surface area (Å²) < 4.78 is 32.2. The average molecular weight is 401 g/mol. The molecule has 0 saturated carbocycles. The maximum Gasteiger partial charge on any atom is 0.270 e. The van der Waals surface area contributed by atoms with Crippen molar-refractivity contribution in [2.24, 2.45) is 0 Å². The summed E-state index contributed by atoms with van der Waals surface area (Å²) in [6, 6.07) is 7.30. The Labute approximate surface area is 160 Å². The second-order valence-electron chi connectivity index (χ2n) is 6.42. The molecule has 0 unspecified atom stereocenters. The smallest absolute Gasteiger partial charge is 0.270 e. The molecule has 11 heteroatoms. The molecule has 0 atom stereocenters. The van der Waals surface area contributed by atoms with Crippen LogP contribution in [0.1, 0.15) is 17.4 Å². The number of benzene rings is 1. The van der Waals surface area contributed by atoms with Gasteiger partial charge in [0.25, 0.3) is 5.69 Å². The van der Waals surface area contributed by atoms with Crippen LogP contribution in [0.5, 0.6) is 0 Å². The maximum atomic E-state index is 12.8. The summed E-state index contributed by atoms with van der Waals surface area (Å²) in [6.07, 6.45) is 3.23. The highest BCUT2D eigenvalue weighted by Gasteiger charge is 2.41. The summed E-state index contributed by atoms with van der Waals surface area (Å²) in [7, 11) is -3.84. The second kappa shape index (κ2) is 6.77. The number of hydrogen-bond acceptors (Lipinski definition) is 8. The van der Waals surface area contributed by atoms with Crippen molar-refractivity contribution < 1.29 is 17.9 Å². The van der Waals surface area contributed by atoms with Gasteiger partial charge >= 0.3 is 0 Å². The third kappa shape index (κ3) is 3.14. The Morgan fingerprint density at radius 3 is 2.61 bits per heavy atom. The molecule has 144 valence electrons. The average Bonchev–Trinajstić information content (AvgIpc) is 3.10. The number of sulfonamides is 1. The highest BCUT2D eigenvalue weighted by Crippen LogP contribution is 2.34. The molecule has 1 aliphatic heterocycles. The van der Waals surface area contributed by atoms with Crippen LogP contribution in [-0.4, -0.2) is 45.9 Å². The molecule has 0 aliphatic carbocycles. The number of nitrogens with zero attached hydrogens (tertiary/aromatic N) is 5. The summed E-state index contributed by atoms with van der Waals surface area (Å²) in [5.74, 6) is 0.541. The van der Waals surface area contributed by atoms with Gasteiger partial charge in [0.15, 0.2) is 0 Å². The molecule has 1 aliphatic rings. The summed E-state index contributed by atoms with van der Waals surface area (Å²) in [5, 5.41) is 14.9. The fourth-order valence-electron chi connectivity index (χ4n) is 2.93. The largest absolute Gasteiger partial charge is 0.339 e. The molecule has 1 aromatic carbocycles. The van der Waals surface area contributed by atoms with Crippen molar-refractivity contribution in [3.05, 3.63) is 64.3 Å². The number of rotatable bonds is 5. The molecule has 0 amide bonds. The lowest BCUT2D eigenvalue weighted by Gasteiger charge is -2.36. The minimum absolute atomic E-state index is 0.0665. The fourth-order valence-corrected chi connectivity index (χ4v) is 4.70. The zero-order valence-electron chi connectivity index (χ0n) is 14.7. The SMILES string of the molecule is Cc1ccc([N+](=O)[O-])cc1S(=O)(=O)N1CC(c2nc(-c3ccncc3)no2)C1. The van der Waals surface area contributed by atoms with Gasteiger partial charge in [-0.1, -0.05) is 11.2 Å². The first-order chi connectivity index (χ1) is 13.4. The minimum Gasteiger partial charge on any atom is -0.339 e. The number of nitro groups is 1. The van der Waals surface area contributed by atoms with Crippen molar-refractivity contribution in [2.45, 2.75) is 17.7 Å². The Hall–Kier alpha value is -3.18. The standard InChI is InChI=1S/C17H15N5O5S/c1-11-2-3-14(22(23)24)8-15(11)28(25,26)21-9-13(10-21)17-19-16(20-27-17)12-4-6-18-7-5-12/h2-8,13H,9-10H2,1H3. The lowest BCUT2D eigenvalue weighted by molar-refractivity contribution is -0.385. The topological polar surface area (TPSA) is 132 Å². The Bertz CT molecular complexity index is 1140. The van der Waals surface area contributed by atoms with Gasteiger partial charge in [-0.3, -0.25) is 15.1 Å². The van der Waals surface area contributed by atoms with Crippen LogP contribution in [0.25, 0.3) is 11.4 Å². The van der Waals surface area contributed by atoms with Gasteiger partial charge in [0.2, 0.25) is 21.7 Å². The monoisotopic (exact) mass is 401 g/mol. The Morgan fingerprint density at radius 2 is 1.93 bits per heavy atom. The molecule has 0 N–H and O–H groups in total. The molecule has 3 aromatic rings. The van der Waals surface area contributed by atoms with Gasteiger partial charge in [0.1, 0.15) is 0 Å². The zero-order valence-corrected chi connectivity index (χ0v) is 15.5. The molecule has 0 spiro atoms. The third-order valence-corrected chi connectivity index (χ3v) is 6.55. The van der Waals surface area contributed by atoms with Crippen LogP contribution in [-0.2, 0) is 10.0 Å². The summed E-state index contributed by atoms with van der Waals surface area (Å²) in [6.45, 7) is 1.94. The van der Waals surface area contributed by atoms with Gasteiger partial charge in [-0.25, -0.2) is 8.42 Å². The van der Waals surface area contributed by atoms with Crippen LogP contribution in [0.15, 0.2) is 52.1 Å². The molecule has 10 nitrogen and oxygen atoms in total. The van der Waals surface area contributed by atoms with E-state index >= 15 is 0 Å². The van der Waals surface area contributed by atoms with E-state index in [0.717, 1.165) is 11.6 Å². The van der Waals surface area contributed by atoms with Gasteiger partial charge < -0.3 is 4.52 Å². The lowest BCUT2D eigenvalue weighted by Crippen LogP contribution is -2.48. The predicted octanol–water partition coefficient (Wildman–Crippen LogP) is 2.14. The normalized spacial score (nSPS) is 15.3. The Morgan fingerprint density at radius 1 is 1.21 bits per heavy atom. The molecule has 0 bridgehead atoms. The molecule has 3 heterocycles. The van der Waals surface area contributed by atoms with Gasteiger partial charge in [-0.2, -0.15) is 9.29 Å². The van der Waals surface area contributed by atoms with Gasteiger partial charge in [-0.15, -0.1) is 0 Å². The molecular weight excluding hydrogens is 386 g/mol. The number of aryl methyl sites for hydroxylation is 1. The Kier molecular flexibility index (Phi) is 4.40. The van der Waals surface area contributed by atoms with E-state index in [1.165, 1.54) is 16.4 Å². The fraction of sp³-hybridized carbons (Fsp3) is 0.235. The van der Waals surface area contributed by atoms with Crippen molar-refractivity contribution in [3.8, 4) is 11.4 Å². The first-order valence-corrected chi connectivity index (χ1v) is 9.79. The maximum absolute atomic E-state index is 12.8. The van der Waals surface area contributed by atoms with E-state index in [2.05, 4.69) is 15.1 Å². The van der Waals surface area contributed by atoms with Crippen molar-refractivity contribution in [3.63, 3.8) is 0 Å². The molecule has 1 saturated heterocycles. The number of nitro benzene ring substituents is 1. The highest BCUT2D eigenvalue weighted by atomic mass is 32.2. The van der Waals surface area contributed by atoms with E-state index in [4.69, 9.17) is 4.52 Å². The third-order valence-electron chi connectivity index (χ3n) is 4.58. The van der Waals surface area contributed by atoms with Crippen molar-refractivity contribution >= 4 is 15.7 Å². The zero-order chi connectivity index (χ0) is 19.9. The van der Waals surface area contributed by atoms with Crippen LogP contribution in [0.2, 0.25) is 0 Å². The van der Waals surface area contributed by atoms with E-state index in [-0.39, 0.29) is 29.6 Å². The summed E-state index contributed by atoms with van der Waals surface area (Å²) >= 11 is 0. The molecule has 2 aromatic heterocycles. The quantitative estimate of drug-likeness (QED) is 0.469. The number of pyridine rings is 1. The molecule has 28 heavy (non-hydrogen) atoms. The van der Waals surface area contributed by atoms with E-state index in [1.807, 2.05) is 0 Å². The number of hydrogen-bond donors (Lipinski definition) is 0. The molecule has 0 radical (unpaired) electrons. The first-order valence-electron chi connectivity index (χ1n) is 8.35. The van der Waals surface area contributed by atoms with Crippen LogP contribution < -0.4 is 0 Å². The molecule has 4 rings (SSSR count). The predicted molar refractivity (Wildman–Crippen MR) is 96.9 cm³/mol. The van der Waals surface area contributed by atoms with Crippen molar-refractivity contribution in [1.29, 1.82) is 0 Å². The van der Waals surface area contributed by atoms with E-state index in [1.54, 1.807) is 31.5 Å².